The van der Waals surface area contributed by atoms with Crippen LogP contribution in [0, 0.1) is 0 Å². The van der Waals surface area contributed by atoms with Gasteiger partial charge in [0.15, 0.2) is 11.5 Å². The van der Waals surface area contributed by atoms with Crippen molar-refractivity contribution in [3.05, 3.63) is 30.1 Å². The fraction of sp³-hybridized carbons (Fsp3) is 0.357. The first-order valence-electron chi connectivity index (χ1n) is 7.56. The van der Waals surface area contributed by atoms with Crippen molar-refractivity contribution in [2.45, 2.75) is 12.6 Å². The van der Waals surface area contributed by atoms with Gasteiger partial charge in [-0.25, -0.2) is 15.0 Å². The summed E-state index contributed by atoms with van der Waals surface area (Å²) in [4.78, 5) is 26.1. The molecule has 5 N–H and O–H groups in total. The molecule has 10 heteroatoms. The van der Waals surface area contributed by atoms with Crippen LogP contribution in [0.1, 0.15) is 17.6 Å². The van der Waals surface area contributed by atoms with Gasteiger partial charge in [0.2, 0.25) is 5.95 Å². The molecule has 3 aromatic rings. The standard InChI is InChI=1S/C14H17N9O/c15-11-10-13(22-14(16)20-11)21-12(19-10)9-6-23(3-4-24-9)5-8-1-2-17-7-18-8/h1-2,7,9H,3-6H2,(H5,15,16,19,20,21,22). The summed E-state index contributed by atoms with van der Waals surface area (Å²) in [5, 5.41) is 0. The van der Waals surface area contributed by atoms with E-state index in [0.29, 0.717) is 30.1 Å². The highest BCUT2D eigenvalue weighted by molar-refractivity contribution is 5.82. The predicted octanol–water partition coefficient (Wildman–Crippen LogP) is -0.119. The number of H-pyrrole nitrogens is 1. The number of fused-ring (bicyclic) bond motifs is 1. The molecular weight excluding hydrogens is 310 g/mol. The Morgan fingerprint density at radius 2 is 2.21 bits per heavy atom. The number of rotatable bonds is 3. The number of aromatic amines is 1. The SMILES string of the molecule is Nc1nc(N)c2[nH]c(C3CN(Cc4ccncn4)CCO3)nc2n1. The maximum atomic E-state index is 5.86. The van der Waals surface area contributed by atoms with Crippen LogP contribution in [0.25, 0.3) is 11.2 Å². The molecule has 0 amide bonds. The van der Waals surface area contributed by atoms with E-state index in [1.54, 1.807) is 12.5 Å². The summed E-state index contributed by atoms with van der Waals surface area (Å²) in [6.07, 6.45) is 3.10. The molecule has 0 aromatic carbocycles. The first-order chi connectivity index (χ1) is 11.7. The number of morpholine rings is 1. The van der Waals surface area contributed by atoms with Gasteiger partial charge in [-0.15, -0.1) is 0 Å². The summed E-state index contributed by atoms with van der Waals surface area (Å²) in [7, 11) is 0. The largest absolute Gasteiger partial charge is 0.382 e. The number of hydrogen-bond donors (Lipinski definition) is 3. The van der Waals surface area contributed by atoms with E-state index in [1.165, 1.54) is 0 Å². The second-order valence-electron chi connectivity index (χ2n) is 5.58. The van der Waals surface area contributed by atoms with E-state index in [9.17, 15) is 0 Å². The van der Waals surface area contributed by atoms with Crippen LogP contribution in [0.5, 0.6) is 0 Å². The summed E-state index contributed by atoms with van der Waals surface area (Å²) < 4.78 is 5.84. The molecule has 1 atom stereocenters. The Hall–Kier alpha value is -2.85. The van der Waals surface area contributed by atoms with Crippen LogP contribution in [-0.2, 0) is 11.3 Å². The molecule has 0 aliphatic carbocycles. The van der Waals surface area contributed by atoms with E-state index in [-0.39, 0.29) is 17.9 Å². The molecule has 0 radical (unpaired) electrons. The molecule has 24 heavy (non-hydrogen) atoms. The van der Waals surface area contributed by atoms with Crippen LogP contribution in [0.3, 0.4) is 0 Å². The number of anilines is 2. The molecule has 4 heterocycles. The molecule has 1 fully saturated rings. The zero-order valence-corrected chi connectivity index (χ0v) is 12.9. The van der Waals surface area contributed by atoms with Gasteiger partial charge < -0.3 is 21.2 Å². The minimum Gasteiger partial charge on any atom is -0.382 e. The summed E-state index contributed by atoms with van der Waals surface area (Å²) in [6, 6.07) is 1.91. The number of aromatic nitrogens is 6. The molecule has 1 aliphatic rings. The molecule has 0 bridgehead atoms. The normalized spacial score (nSPS) is 18.9. The first kappa shape index (κ1) is 14.7. The van der Waals surface area contributed by atoms with Crippen molar-refractivity contribution in [1.29, 1.82) is 0 Å². The quantitative estimate of drug-likeness (QED) is 0.599. The number of nitrogens with one attached hydrogen (secondary N) is 1. The van der Waals surface area contributed by atoms with Crippen LogP contribution in [0.15, 0.2) is 18.6 Å². The van der Waals surface area contributed by atoms with Gasteiger partial charge in [0, 0.05) is 25.8 Å². The third kappa shape index (κ3) is 2.84. The van der Waals surface area contributed by atoms with Crippen molar-refractivity contribution in [2.75, 3.05) is 31.2 Å². The smallest absolute Gasteiger partial charge is 0.224 e. The minimum absolute atomic E-state index is 0.105. The summed E-state index contributed by atoms with van der Waals surface area (Å²) in [6.45, 7) is 2.86. The summed E-state index contributed by atoms with van der Waals surface area (Å²) in [5.74, 6) is 1.06. The van der Waals surface area contributed by atoms with E-state index in [0.717, 1.165) is 18.8 Å². The lowest BCUT2D eigenvalue weighted by molar-refractivity contribution is -0.0370. The third-order valence-electron chi connectivity index (χ3n) is 3.90. The van der Waals surface area contributed by atoms with E-state index in [2.05, 4.69) is 34.8 Å². The van der Waals surface area contributed by atoms with Crippen molar-refractivity contribution in [1.82, 2.24) is 34.8 Å². The average Bonchev–Trinajstić information content (AvgIpc) is 3.00. The number of ether oxygens (including phenoxy) is 1. The van der Waals surface area contributed by atoms with Crippen molar-refractivity contribution < 1.29 is 4.74 Å². The number of imidazole rings is 1. The monoisotopic (exact) mass is 327 g/mol. The van der Waals surface area contributed by atoms with Crippen LogP contribution in [0.2, 0.25) is 0 Å². The predicted molar refractivity (Wildman–Crippen MR) is 86.5 cm³/mol. The molecule has 4 rings (SSSR count). The van der Waals surface area contributed by atoms with E-state index < -0.39 is 0 Å². The fourth-order valence-electron chi connectivity index (χ4n) is 2.76. The van der Waals surface area contributed by atoms with Crippen molar-refractivity contribution in [3.63, 3.8) is 0 Å². The Balaban J connectivity index is 1.54. The average molecular weight is 327 g/mol. The fourth-order valence-corrected chi connectivity index (χ4v) is 2.76. The Morgan fingerprint density at radius 3 is 3.04 bits per heavy atom. The van der Waals surface area contributed by atoms with E-state index in [4.69, 9.17) is 16.2 Å². The second-order valence-corrected chi connectivity index (χ2v) is 5.58. The van der Waals surface area contributed by atoms with Crippen molar-refractivity contribution in [3.8, 4) is 0 Å². The molecule has 1 aliphatic heterocycles. The molecule has 3 aromatic heterocycles. The van der Waals surface area contributed by atoms with Crippen molar-refractivity contribution in [2.24, 2.45) is 0 Å². The highest BCUT2D eigenvalue weighted by atomic mass is 16.5. The maximum Gasteiger partial charge on any atom is 0.224 e. The zero-order chi connectivity index (χ0) is 16.5. The maximum absolute atomic E-state index is 5.86. The van der Waals surface area contributed by atoms with Gasteiger partial charge in [-0.2, -0.15) is 9.97 Å². The van der Waals surface area contributed by atoms with E-state index in [1.807, 2.05) is 6.07 Å². The first-order valence-corrected chi connectivity index (χ1v) is 7.56. The molecule has 10 nitrogen and oxygen atoms in total. The lowest BCUT2D eigenvalue weighted by Gasteiger charge is -2.31. The van der Waals surface area contributed by atoms with Gasteiger partial charge in [0.05, 0.1) is 12.3 Å². The van der Waals surface area contributed by atoms with Crippen molar-refractivity contribution >= 4 is 22.9 Å². The van der Waals surface area contributed by atoms with Gasteiger partial charge in [-0.1, -0.05) is 0 Å². The van der Waals surface area contributed by atoms with Gasteiger partial charge in [-0.3, -0.25) is 4.90 Å². The van der Waals surface area contributed by atoms with Gasteiger partial charge in [-0.05, 0) is 6.07 Å². The molecule has 1 saturated heterocycles. The van der Waals surface area contributed by atoms with Crippen LogP contribution in [-0.4, -0.2) is 54.5 Å². The molecule has 0 spiro atoms. The Morgan fingerprint density at radius 1 is 1.29 bits per heavy atom. The molecule has 1 unspecified atom stereocenters. The van der Waals surface area contributed by atoms with Gasteiger partial charge >= 0.3 is 0 Å². The number of nitrogens with zero attached hydrogens (tertiary/aromatic N) is 6. The lowest BCUT2D eigenvalue weighted by Crippen LogP contribution is -2.38. The molecule has 0 saturated carbocycles. The molecule has 124 valence electrons. The van der Waals surface area contributed by atoms with Crippen LogP contribution >= 0.6 is 0 Å². The second kappa shape index (κ2) is 5.98. The van der Waals surface area contributed by atoms with E-state index >= 15 is 0 Å². The highest BCUT2D eigenvalue weighted by Gasteiger charge is 2.25. The Labute approximate surface area is 137 Å². The van der Waals surface area contributed by atoms with Crippen LogP contribution in [0.4, 0.5) is 11.8 Å². The Bertz CT molecular complexity index is 850. The summed E-state index contributed by atoms with van der Waals surface area (Å²) in [5.41, 5.74) is 13.5. The lowest BCUT2D eigenvalue weighted by atomic mass is 10.2. The Kier molecular flexibility index (Phi) is 3.67. The zero-order valence-electron chi connectivity index (χ0n) is 12.9. The topological polar surface area (TPSA) is 145 Å². The number of hydrogen-bond acceptors (Lipinski definition) is 9. The minimum atomic E-state index is -0.199. The highest BCUT2D eigenvalue weighted by Crippen LogP contribution is 2.24. The van der Waals surface area contributed by atoms with Crippen LogP contribution < -0.4 is 11.5 Å². The molecular formula is C14H17N9O. The van der Waals surface area contributed by atoms with Gasteiger partial charge in [0.25, 0.3) is 0 Å². The number of nitrogen functional groups attached to an aromatic ring is 2. The summed E-state index contributed by atoms with van der Waals surface area (Å²) >= 11 is 0. The third-order valence-corrected chi connectivity index (χ3v) is 3.90. The van der Waals surface area contributed by atoms with Gasteiger partial charge in [0.1, 0.15) is 23.8 Å². The number of nitrogens with two attached hydrogens (primary N) is 2.